The van der Waals surface area contributed by atoms with E-state index in [1.54, 1.807) is 10.6 Å². The predicted octanol–water partition coefficient (Wildman–Crippen LogP) is 2.86. The van der Waals surface area contributed by atoms with Crippen molar-refractivity contribution in [2.75, 3.05) is 6.54 Å². The van der Waals surface area contributed by atoms with Gasteiger partial charge in [-0.2, -0.15) is 0 Å². The van der Waals surface area contributed by atoms with Gasteiger partial charge in [0.05, 0.1) is 11.1 Å². The number of fused-ring (bicyclic) bond motifs is 1. The van der Waals surface area contributed by atoms with Crippen molar-refractivity contribution in [3.05, 3.63) is 61.2 Å². The molecule has 1 aromatic carbocycles. The minimum absolute atomic E-state index is 0.0111. The SMILES string of the molecule is CCC(=O)NCCC1=c2ccccc2=N/C1=C\c1c(O)n(C2CCCCC2)c(=S)[nH]c1=O. The molecule has 168 valence electrons. The second-order valence-electron chi connectivity index (χ2n) is 8.25. The minimum Gasteiger partial charge on any atom is -0.494 e. The second-order valence-corrected chi connectivity index (χ2v) is 8.64. The number of aromatic hydroxyl groups is 1. The van der Waals surface area contributed by atoms with Gasteiger partial charge in [0.2, 0.25) is 11.8 Å². The van der Waals surface area contributed by atoms with E-state index < -0.39 is 5.56 Å². The number of para-hydroxylation sites is 1. The molecule has 0 saturated heterocycles. The van der Waals surface area contributed by atoms with E-state index in [1.165, 1.54) is 6.42 Å². The zero-order valence-corrected chi connectivity index (χ0v) is 19.0. The van der Waals surface area contributed by atoms with Gasteiger partial charge in [-0.15, -0.1) is 0 Å². The number of allylic oxidation sites excluding steroid dienone is 1. The molecule has 2 aromatic rings. The van der Waals surface area contributed by atoms with Crippen LogP contribution in [0.25, 0.3) is 11.6 Å². The quantitative estimate of drug-likeness (QED) is 0.587. The lowest BCUT2D eigenvalue weighted by Gasteiger charge is -2.25. The number of aromatic amines is 1. The summed E-state index contributed by atoms with van der Waals surface area (Å²) >= 11 is 5.38. The molecule has 1 aliphatic carbocycles. The van der Waals surface area contributed by atoms with Gasteiger partial charge < -0.3 is 10.4 Å². The Hall–Kier alpha value is -3.00. The van der Waals surface area contributed by atoms with Crippen LogP contribution in [0.1, 0.15) is 63.5 Å². The van der Waals surface area contributed by atoms with E-state index in [-0.39, 0.29) is 28.2 Å². The van der Waals surface area contributed by atoms with Crippen molar-refractivity contribution < 1.29 is 9.90 Å². The van der Waals surface area contributed by atoms with E-state index >= 15 is 0 Å². The summed E-state index contributed by atoms with van der Waals surface area (Å²) in [7, 11) is 0. The molecule has 0 bridgehead atoms. The number of benzene rings is 1. The second kappa shape index (κ2) is 9.65. The van der Waals surface area contributed by atoms with Gasteiger partial charge in [-0.3, -0.25) is 19.1 Å². The molecule has 7 nitrogen and oxygen atoms in total. The van der Waals surface area contributed by atoms with Gasteiger partial charge in [-0.1, -0.05) is 44.4 Å². The fraction of sp³-hybridized carbons (Fsp3) is 0.417. The van der Waals surface area contributed by atoms with Crippen molar-refractivity contribution in [1.82, 2.24) is 14.9 Å². The molecule has 0 spiro atoms. The lowest BCUT2D eigenvalue weighted by atomic mass is 9.95. The van der Waals surface area contributed by atoms with Crippen LogP contribution in [0.4, 0.5) is 0 Å². The van der Waals surface area contributed by atoms with Crippen molar-refractivity contribution in [2.45, 2.75) is 57.9 Å². The summed E-state index contributed by atoms with van der Waals surface area (Å²) in [6.07, 6.45) is 7.81. The molecule has 4 rings (SSSR count). The van der Waals surface area contributed by atoms with E-state index in [9.17, 15) is 14.7 Å². The number of carbonyl (C=O) groups excluding carboxylic acids is 1. The number of nitrogens with zero attached hydrogens (tertiary/aromatic N) is 2. The number of carbonyl (C=O) groups is 1. The summed E-state index contributed by atoms with van der Waals surface area (Å²) < 4.78 is 1.94. The van der Waals surface area contributed by atoms with Gasteiger partial charge in [0, 0.05) is 24.2 Å². The van der Waals surface area contributed by atoms with Crippen LogP contribution < -0.4 is 21.5 Å². The molecule has 1 saturated carbocycles. The Bertz CT molecular complexity index is 1300. The lowest BCUT2D eigenvalue weighted by molar-refractivity contribution is -0.120. The number of amides is 1. The standard InChI is InChI=1S/C24H28N4O3S/c1-2-21(29)25-13-12-17-16-10-6-7-11-19(16)26-20(17)14-18-22(30)27-24(32)28(23(18)31)15-8-4-3-5-9-15/h6-7,10-11,14-15,31H,2-5,8-9,12-13H2,1H3,(H,25,29)(H,27,30,32)/b20-14-. The average molecular weight is 453 g/mol. The smallest absolute Gasteiger partial charge is 0.262 e. The molecule has 1 amide bonds. The van der Waals surface area contributed by atoms with Crippen molar-refractivity contribution in [1.29, 1.82) is 0 Å². The monoisotopic (exact) mass is 452 g/mol. The normalized spacial score (nSPS) is 17.3. The fourth-order valence-corrected chi connectivity index (χ4v) is 4.82. The molecule has 32 heavy (non-hydrogen) atoms. The lowest BCUT2D eigenvalue weighted by Crippen LogP contribution is -2.26. The molecule has 3 N–H and O–H groups in total. The van der Waals surface area contributed by atoms with Gasteiger partial charge in [-0.25, -0.2) is 4.99 Å². The predicted molar refractivity (Wildman–Crippen MR) is 126 cm³/mol. The Morgan fingerprint density at radius 2 is 2.06 bits per heavy atom. The summed E-state index contributed by atoms with van der Waals surface area (Å²) in [6.45, 7) is 2.28. The zero-order chi connectivity index (χ0) is 22.7. The number of hydrogen-bond donors (Lipinski definition) is 3. The number of rotatable bonds is 6. The molecule has 2 aliphatic rings. The Morgan fingerprint density at radius 3 is 2.81 bits per heavy atom. The number of H-pyrrole nitrogens is 1. The van der Waals surface area contributed by atoms with E-state index in [0.29, 0.717) is 25.1 Å². The Labute approximate surface area is 191 Å². The highest BCUT2D eigenvalue weighted by Gasteiger charge is 2.22. The topological polar surface area (TPSA) is 99.5 Å². The summed E-state index contributed by atoms with van der Waals surface area (Å²) in [6, 6.07) is 7.83. The third-order valence-electron chi connectivity index (χ3n) is 6.17. The molecule has 2 heterocycles. The van der Waals surface area contributed by atoms with Gasteiger partial charge >= 0.3 is 0 Å². The summed E-state index contributed by atoms with van der Waals surface area (Å²) in [4.78, 5) is 31.9. The third-order valence-corrected chi connectivity index (χ3v) is 6.47. The number of hydrogen-bond acceptors (Lipinski definition) is 5. The fourth-order valence-electron chi connectivity index (χ4n) is 4.49. The highest BCUT2D eigenvalue weighted by Crippen LogP contribution is 2.33. The largest absolute Gasteiger partial charge is 0.494 e. The summed E-state index contributed by atoms with van der Waals surface area (Å²) in [5.41, 5.74) is 1.27. The molecular formula is C24H28N4O3S. The van der Waals surface area contributed by atoms with Gasteiger partial charge in [0.15, 0.2) is 4.77 Å². The molecule has 0 atom stereocenters. The summed E-state index contributed by atoms with van der Waals surface area (Å²) in [5.74, 6) is -0.120. The van der Waals surface area contributed by atoms with E-state index in [0.717, 1.165) is 41.8 Å². The average Bonchev–Trinajstić information content (AvgIpc) is 3.14. The number of nitrogens with one attached hydrogen (secondary N) is 2. The van der Waals surface area contributed by atoms with Crippen LogP contribution in [0, 0.1) is 4.77 Å². The first-order valence-electron chi connectivity index (χ1n) is 11.2. The van der Waals surface area contributed by atoms with Gasteiger partial charge in [0.1, 0.15) is 5.56 Å². The summed E-state index contributed by atoms with van der Waals surface area (Å²) in [5, 5.41) is 15.7. The van der Waals surface area contributed by atoms with Gasteiger partial charge in [-0.05, 0) is 49.2 Å². The Balaban J connectivity index is 1.77. The van der Waals surface area contributed by atoms with E-state index in [2.05, 4.69) is 10.3 Å². The van der Waals surface area contributed by atoms with Crippen LogP contribution in [0.2, 0.25) is 0 Å². The van der Waals surface area contributed by atoms with Crippen molar-refractivity contribution in [3.63, 3.8) is 0 Å². The van der Waals surface area contributed by atoms with E-state index in [4.69, 9.17) is 17.2 Å². The molecule has 1 aromatic heterocycles. The van der Waals surface area contributed by atoms with Crippen LogP contribution in [0.3, 0.4) is 0 Å². The van der Waals surface area contributed by atoms with Crippen LogP contribution in [-0.4, -0.2) is 27.1 Å². The van der Waals surface area contributed by atoms with Gasteiger partial charge in [0.25, 0.3) is 5.56 Å². The van der Waals surface area contributed by atoms with Crippen LogP contribution >= 0.6 is 12.2 Å². The zero-order valence-electron chi connectivity index (χ0n) is 18.2. The van der Waals surface area contributed by atoms with Crippen molar-refractivity contribution >= 4 is 29.8 Å². The molecule has 0 radical (unpaired) electrons. The highest BCUT2D eigenvalue weighted by molar-refractivity contribution is 7.71. The number of aromatic nitrogens is 2. The van der Waals surface area contributed by atoms with Crippen LogP contribution in [0.5, 0.6) is 5.88 Å². The highest BCUT2D eigenvalue weighted by atomic mass is 32.1. The molecule has 0 unspecified atom stereocenters. The molecule has 1 aliphatic heterocycles. The Morgan fingerprint density at radius 1 is 1.31 bits per heavy atom. The Kier molecular flexibility index (Phi) is 6.69. The van der Waals surface area contributed by atoms with Crippen LogP contribution in [-0.2, 0) is 4.79 Å². The first kappa shape index (κ1) is 22.2. The molecular weight excluding hydrogens is 424 g/mol. The minimum atomic E-state index is -0.433. The van der Waals surface area contributed by atoms with Crippen molar-refractivity contribution in [3.8, 4) is 5.88 Å². The maximum Gasteiger partial charge on any atom is 0.262 e. The first-order chi connectivity index (χ1) is 15.5. The third kappa shape index (κ3) is 4.46. The molecule has 8 heteroatoms. The molecule has 1 fully saturated rings. The first-order valence-corrected chi connectivity index (χ1v) is 11.6. The van der Waals surface area contributed by atoms with Crippen molar-refractivity contribution in [2.24, 2.45) is 4.99 Å². The van der Waals surface area contributed by atoms with Crippen LogP contribution in [0.15, 0.2) is 39.7 Å². The van der Waals surface area contributed by atoms with E-state index in [1.807, 2.05) is 31.2 Å². The maximum absolute atomic E-state index is 12.8. The maximum atomic E-state index is 12.8.